The molecule has 0 spiro atoms. The molecule has 0 saturated carbocycles. The van der Waals surface area contributed by atoms with Gasteiger partial charge in [0.1, 0.15) is 0 Å². The standard InChI is InChI=1S/C11H11NO2.Zn/c13-11(14)6-5-9-7-8-3-1-2-4-10(8)12-9;/h1-4,7,12H,5-6H2,(H,13,14);. The fourth-order valence-corrected chi connectivity index (χ4v) is 1.51. The molecule has 0 aliphatic carbocycles. The number of para-hydroxylation sites is 1. The van der Waals surface area contributed by atoms with Gasteiger partial charge in [-0.2, -0.15) is 0 Å². The molecule has 3 nitrogen and oxygen atoms in total. The van der Waals surface area contributed by atoms with Gasteiger partial charge in [0.05, 0.1) is 6.42 Å². The van der Waals surface area contributed by atoms with Crippen molar-refractivity contribution in [3.63, 3.8) is 0 Å². The third kappa shape index (κ3) is 2.90. The van der Waals surface area contributed by atoms with Crippen molar-refractivity contribution in [1.82, 2.24) is 4.98 Å². The number of hydrogen-bond acceptors (Lipinski definition) is 1. The van der Waals surface area contributed by atoms with Crippen molar-refractivity contribution >= 4 is 16.9 Å². The number of carboxylic acids is 1. The van der Waals surface area contributed by atoms with Crippen LogP contribution in [0.3, 0.4) is 0 Å². The number of aromatic amines is 1. The van der Waals surface area contributed by atoms with Gasteiger partial charge >= 0.3 is 5.97 Å². The summed E-state index contributed by atoms with van der Waals surface area (Å²) in [6, 6.07) is 9.92. The first-order valence-electron chi connectivity index (χ1n) is 4.54. The number of aliphatic carboxylic acids is 1. The molecule has 2 N–H and O–H groups in total. The molecule has 0 aliphatic rings. The monoisotopic (exact) mass is 253 g/mol. The van der Waals surface area contributed by atoms with E-state index >= 15 is 0 Å². The fourth-order valence-electron chi connectivity index (χ4n) is 1.51. The average molecular weight is 255 g/mol. The molecule has 0 bridgehead atoms. The Morgan fingerprint density at radius 2 is 2.07 bits per heavy atom. The Morgan fingerprint density at radius 3 is 2.73 bits per heavy atom. The Labute approximate surface area is 100 Å². The fraction of sp³-hybridized carbons (Fsp3) is 0.182. The van der Waals surface area contributed by atoms with Gasteiger partial charge in [-0.25, -0.2) is 0 Å². The van der Waals surface area contributed by atoms with Crippen LogP contribution in [0.25, 0.3) is 10.9 Å². The van der Waals surface area contributed by atoms with Crippen LogP contribution < -0.4 is 0 Å². The van der Waals surface area contributed by atoms with E-state index in [1.54, 1.807) is 0 Å². The maximum absolute atomic E-state index is 10.4. The van der Waals surface area contributed by atoms with Crippen LogP contribution >= 0.6 is 0 Å². The molecule has 4 heteroatoms. The predicted molar refractivity (Wildman–Crippen MR) is 54.3 cm³/mol. The SMILES string of the molecule is O=C(O)CCc1cc2ccccc2[nH]1.[Zn]. The third-order valence-electron chi connectivity index (χ3n) is 2.19. The molecule has 0 amide bonds. The number of benzene rings is 1. The average Bonchev–Trinajstić information content (AvgIpc) is 2.57. The number of aromatic nitrogens is 1. The van der Waals surface area contributed by atoms with Gasteiger partial charge in [-0.1, -0.05) is 18.2 Å². The van der Waals surface area contributed by atoms with Crippen LogP contribution in [0.4, 0.5) is 0 Å². The number of nitrogens with one attached hydrogen (secondary N) is 1. The zero-order chi connectivity index (χ0) is 9.97. The van der Waals surface area contributed by atoms with E-state index in [1.165, 1.54) is 0 Å². The maximum atomic E-state index is 10.4. The first-order chi connectivity index (χ1) is 6.75. The van der Waals surface area contributed by atoms with Crippen molar-refractivity contribution in [3.8, 4) is 0 Å². The molecule has 1 heterocycles. The van der Waals surface area contributed by atoms with Crippen LogP contribution in [-0.4, -0.2) is 16.1 Å². The number of hydrogen-bond donors (Lipinski definition) is 2. The topological polar surface area (TPSA) is 53.1 Å². The van der Waals surface area contributed by atoms with Gasteiger partial charge in [-0.15, -0.1) is 0 Å². The molecule has 0 unspecified atom stereocenters. The Bertz CT molecular complexity index is 431. The molecule has 2 aromatic rings. The number of carbonyl (C=O) groups is 1. The van der Waals surface area contributed by atoms with Crippen molar-refractivity contribution in [2.45, 2.75) is 12.8 Å². The summed E-state index contributed by atoms with van der Waals surface area (Å²) in [5.41, 5.74) is 2.04. The second-order valence-electron chi connectivity index (χ2n) is 3.28. The van der Waals surface area contributed by atoms with E-state index in [9.17, 15) is 4.79 Å². The first-order valence-corrected chi connectivity index (χ1v) is 4.54. The van der Waals surface area contributed by atoms with Crippen LogP contribution in [0.1, 0.15) is 12.1 Å². The second-order valence-corrected chi connectivity index (χ2v) is 3.28. The Hall–Kier alpha value is -1.15. The third-order valence-corrected chi connectivity index (χ3v) is 2.19. The Kier molecular flexibility index (Phi) is 4.04. The Morgan fingerprint density at radius 1 is 1.33 bits per heavy atom. The van der Waals surface area contributed by atoms with Crippen LogP contribution in [0.15, 0.2) is 30.3 Å². The molecule has 2 rings (SSSR count). The van der Waals surface area contributed by atoms with Crippen molar-refractivity contribution in [2.75, 3.05) is 0 Å². The summed E-state index contributed by atoms with van der Waals surface area (Å²) in [6.07, 6.45) is 0.733. The van der Waals surface area contributed by atoms with Crippen molar-refractivity contribution in [3.05, 3.63) is 36.0 Å². The van der Waals surface area contributed by atoms with E-state index in [-0.39, 0.29) is 25.9 Å². The molecule has 1 aromatic carbocycles. The molecular formula is C11H11NO2Zn. The molecule has 0 radical (unpaired) electrons. The van der Waals surface area contributed by atoms with Gasteiger partial charge in [0, 0.05) is 30.7 Å². The second kappa shape index (κ2) is 5.08. The van der Waals surface area contributed by atoms with Crippen LogP contribution in [0, 0.1) is 0 Å². The molecule has 0 saturated heterocycles. The minimum atomic E-state index is -0.761. The predicted octanol–water partition coefficient (Wildman–Crippen LogP) is 2.18. The van der Waals surface area contributed by atoms with Crippen LogP contribution in [-0.2, 0) is 30.7 Å². The van der Waals surface area contributed by atoms with Gasteiger partial charge in [0.2, 0.25) is 0 Å². The summed E-state index contributed by atoms with van der Waals surface area (Å²) in [7, 11) is 0. The summed E-state index contributed by atoms with van der Waals surface area (Å²) >= 11 is 0. The summed E-state index contributed by atoms with van der Waals surface area (Å²) < 4.78 is 0. The van der Waals surface area contributed by atoms with Crippen molar-refractivity contribution in [2.24, 2.45) is 0 Å². The van der Waals surface area contributed by atoms with E-state index < -0.39 is 5.97 Å². The van der Waals surface area contributed by atoms with Crippen LogP contribution in [0.2, 0.25) is 0 Å². The van der Waals surface area contributed by atoms with Gasteiger partial charge in [-0.3, -0.25) is 4.79 Å². The molecule has 74 valence electrons. The number of fused-ring (bicyclic) bond motifs is 1. The maximum Gasteiger partial charge on any atom is 0.303 e. The van der Waals surface area contributed by atoms with Gasteiger partial charge < -0.3 is 10.1 Å². The van der Waals surface area contributed by atoms with Crippen LogP contribution in [0.5, 0.6) is 0 Å². The number of aryl methyl sites for hydroxylation is 1. The minimum Gasteiger partial charge on any atom is -0.481 e. The molecule has 1 aromatic heterocycles. The molecule has 0 atom stereocenters. The van der Waals surface area contributed by atoms with E-state index in [1.807, 2.05) is 30.3 Å². The van der Waals surface area contributed by atoms with E-state index in [4.69, 9.17) is 5.11 Å². The summed E-state index contributed by atoms with van der Waals surface area (Å²) in [4.78, 5) is 13.6. The van der Waals surface area contributed by atoms with Gasteiger partial charge in [0.15, 0.2) is 0 Å². The van der Waals surface area contributed by atoms with E-state index in [0.29, 0.717) is 6.42 Å². The Balaban J connectivity index is 0.00000112. The molecule has 0 aliphatic heterocycles. The van der Waals surface area contributed by atoms with Gasteiger partial charge in [0.25, 0.3) is 0 Å². The van der Waals surface area contributed by atoms with E-state index in [2.05, 4.69) is 4.98 Å². The molecular weight excluding hydrogens is 244 g/mol. The zero-order valence-electron chi connectivity index (χ0n) is 8.36. The smallest absolute Gasteiger partial charge is 0.303 e. The van der Waals surface area contributed by atoms with Crippen molar-refractivity contribution in [1.29, 1.82) is 0 Å². The normalized spacial score (nSPS) is 9.87. The first kappa shape index (κ1) is 11.9. The minimum absolute atomic E-state index is 0. The van der Waals surface area contributed by atoms with E-state index in [0.717, 1.165) is 16.6 Å². The molecule has 0 fully saturated rings. The summed E-state index contributed by atoms with van der Waals surface area (Å²) in [5, 5.41) is 9.67. The zero-order valence-corrected chi connectivity index (χ0v) is 11.3. The number of carboxylic acid groups (broad SMARTS) is 1. The van der Waals surface area contributed by atoms with Crippen molar-refractivity contribution < 1.29 is 29.4 Å². The summed E-state index contributed by atoms with van der Waals surface area (Å²) in [5.74, 6) is -0.761. The number of H-pyrrole nitrogens is 1. The quantitative estimate of drug-likeness (QED) is 0.825. The largest absolute Gasteiger partial charge is 0.481 e. The molecule has 15 heavy (non-hydrogen) atoms. The van der Waals surface area contributed by atoms with Gasteiger partial charge in [-0.05, 0) is 23.9 Å². The summed E-state index contributed by atoms with van der Waals surface area (Å²) in [6.45, 7) is 0. The number of rotatable bonds is 3.